The van der Waals surface area contributed by atoms with Gasteiger partial charge in [-0.3, -0.25) is 4.79 Å². The molecular formula is C12H16BrFN2O. The summed E-state index contributed by atoms with van der Waals surface area (Å²) in [6.45, 7) is 5.23. The second kappa shape index (κ2) is 6.71. The van der Waals surface area contributed by atoms with Crippen molar-refractivity contribution < 1.29 is 9.18 Å². The molecule has 0 saturated heterocycles. The van der Waals surface area contributed by atoms with Gasteiger partial charge < -0.3 is 10.6 Å². The smallest absolute Gasteiger partial charge is 0.228 e. The summed E-state index contributed by atoms with van der Waals surface area (Å²) in [6.07, 6.45) is 0. The Kier molecular flexibility index (Phi) is 5.58. The summed E-state index contributed by atoms with van der Waals surface area (Å²) in [6, 6.07) is 4.20. The Morgan fingerprint density at radius 3 is 2.88 bits per heavy atom. The molecule has 5 heteroatoms. The molecule has 1 aromatic rings. The molecule has 3 nitrogen and oxygen atoms in total. The molecule has 1 atom stereocenters. The first-order valence-corrected chi connectivity index (χ1v) is 6.30. The molecule has 0 spiro atoms. The summed E-state index contributed by atoms with van der Waals surface area (Å²) in [5, 5.41) is 5.79. The molecule has 0 fully saturated rings. The SMILES string of the molecule is CCNCC(C)C(=O)Nc1cc(F)ccc1Br. The molecule has 0 aliphatic rings. The summed E-state index contributed by atoms with van der Waals surface area (Å²) < 4.78 is 13.7. The predicted molar refractivity (Wildman–Crippen MR) is 70.4 cm³/mol. The standard InChI is InChI=1S/C12H16BrFN2O/c1-3-15-7-8(2)12(17)16-11-6-9(14)4-5-10(11)13/h4-6,8,15H,3,7H2,1-2H3,(H,16,17). The van der Waals surface area contributed by atoms with Gasteiger partial charge in [0.1, 0.15) is 5.82 Å². The number of anilines is 1. The molecule has 0 aliphatic carbocycles. The number of amides is 1. The van der Waals surface area contributed by atoms with Crippen LogP contribution in [0.5, 0.6) is 0 Å². The summed E-state index contributed by atoms with van der Waals surface area (Å²) in [5.41, 5.74) is 0.457. The first-order valence-electron chi connectivity index (χ1n) is 5.51. The molecule has 0 radical (unpaired) electrons. The molecule has 1 rings (SSSR count). The maximum atomic E-state index is 13.0. The highest BCUT2D eigenvalue weighted by atomic mass is 79.9. The van der Waals surface area contributed by atoms with Gasteiger partial charge in [-0.1, -0.05) is 13.8 Å². The van der Waals surface area contributed by atoms with E-state index in [9.17, 15) is 9.18 Å². The summed E-state index contributed by atoms with van der Waals surface area (Å²) in [4.78, 5) is 11.8. The van der Waals surface area contributed by atoms with Crippen molar-refractivity contribution in [2.24, 2.45) is 5.92 Å². The van der Waals surface area contributed by atoms with Gasteiger partial charge in [-0.25, -0.2) is 4.39 Å². The fourth-order valence-corrected chi connectivity index (χ4v) is 1.65. The van der Waals surface area contributed by atoms with Crippen molar-refractivity contribution >= 4 is 27.5 Å². The fraction of sp³-hybridized carbons (Fsp3) is 0.417. The van der Waals surface area contributed by atoms with Crippen LogP contribution in [0.2, 0.25) is 0 Å². The van der Waals surface area contributed by atoms with Crippen LogP contribution in [0.25, 0.3) is 0 Å². The second-order valence-corrected chi connectivity index (χ2v) is 4.68. The average molecular weight is 303 g/mol. The molecule has 0 aliphatic heterocycles. The first kappa shape index (κ1) is 14.1. The molecule has 0 saturated carbocycles. The van der Waals surface area contributed by atoms with Crippen LogP contribution < -0.4 is 10.6 Å². The van der Waals surface area contributed by atoms with Gasteiger partial charge in [0.25, 0.3) is 0 Å². The molecule has 1 amide bonds. The normalized spacial score (nSPS) is 12.2. The second-order valence-electron chi connectivity index (χ2n) is 3.82. The number of benzene rings is 1. The number of hydrogen-bond acceptors (Lipinski definition) is 2. The number of carbonyl (C=O) groups excluding carboxylic acids is 1. The van der Waals surface area contributed by atoms with Gasteiger partial charge in [-0.15, -0.1) is 0 Å². The Morgan fingerprint density at radius 2 is 2.24 bits per heavy atom. The Morgan fingerprint density at radius 1 is 1.53 bits per heavy atom. The highest BCUT2D eigenvalue weighted by molar-refractivity contribution is 9.10. The van der Waals surface area contributed by atoms with Gasteiger partial charge in [-0.05, 0) is 40.7 Å². The van der Waals surface area contributed by atoms with Crippen molar-refractivity contribution in [3.05, 3.63) is 28.5 Å². The number of hydrogen-bond donors (Lipinski definition) is 2. The molecule has 94 valence electrons. The monoisotopic (exact) mass is 302 g/mol. The number of carbonyl (C=O) groups is 1. The van der Waals surface area contributed by atoms with Gasteiger partial charge >= 0.3 is 0 Å². The van der Waals surface area contributed by atoms with Gasteiger partial charge in [-0.2, -0.15) is 0 Å². The lowest BCUT2D eigenvalue weighted by atomic mass is 10.1. The maximum absolute atomic E-state index is 13.0. The van der Waals surface area contributed by atoms with Crippen LogP contribution in [0.4, 0.5) is 10.1 Å². The van der Waals surface area contributed by atoms with E-state index in [0.717, 1.165) is 6.54 Å². The molecule has 2 N–H and O–H groups in total. The lowest BCUT2D eigenvalue weighted by molar-refractivity contribution is -0.119. The number of rotatable bonds is 5. The molecule has 1 unspecified atom stereocenters. The van der Waals surface area contributed by atoms with Crippen LogP contribution in [0.1, 0.15) is 13.8 Å². The van der Waals surface area contributed by atoms with E-state index in [1.165, 1.54) is 12.1 Å². The largest absolute Gasteiger partial charge is 0.325 e. The molecule has 0 aromatic heterocycles. The zero-order chi connectivity index (χ0) is 12.8. The van der Waals surface area contributed by atoms with Crippen LogP contribution in [-0.2, 0) is 4.79 Å². The van der Waals surface area contributed by atoms with E-state index >= 15 is 0 Å². The predicted octanol–water partition coefficient (Wildman–Crippen LogP) is 2.77. The zero-order valence-electron chi connectivity index (χ0n) is 9.89. The van der Waals surface area contributed by atoms with Crippen molar-refractivity contribution in [2.75, 3.05) is 18.4 Å². The van der Waals surface area contributed by atoms with E-state index in [-0.39, 0.29) is 17.6 Å². The van der Waals surface area contributed by atoms with Gasteiger partial charge in [0.05, 0.1) is 5.69 Å². The zero-order valence-corrected chi connectivity index (χ0v) is 11.5. The first-order chi connectivity index (χ1) is 8.04. The quantitative estimate of drug-likeness (QED) is 0.878. The minimum Gasteiger partial charge on any atom is -0.325 e. The molecule has 0 bridgehead atoms. The molecule has 0 heterocycles. The maximum Gasteiger partial charge on any atom is 0.228 e. The van der Waals surface area contributed by atoms with Crippen LogP contribution in [0.3, 0.4) is 0 Å². The number of halogens is 2. The van der Waals surface area contributed by atoms with Crippen molar-refractivity contribution in [3.8, 4) is 0 Å². The van der Waals surface area contributed by atoms with Gasteiger partial charge in [0.15, 0.2) is 0 Å². The van der Waals surface area contributed by atoms with Crippen LogP contribution in [0.15, 0.2) is 22.7 Å². The average Bonchev–Trinajstić information content (AvgIpc) is 2.30. The third-order valence-corrected chi connectivity index (χ3v) is 3.03. The lowest BCUT2D eigenvalue weighted by Gasteiger charge is -2.13. The minimum atomic E-state index is -0.372. The van der Waals surface area contributed by atoms with Gasteiger partial charge in [0.2, 0.25) is 5.91 Å². The van der Waals surface area contributed by atoms with E-state index in [0.29, 0.717) is 16.7 Å². The Hall–Kier alpha value is -0.940. The molecule has 17 heavy (non-hydrogen) atoms. The Balaban J connectivity index is 2.64. The molecular weight excluding hydrogens is 287 g/mol. The molecule has 1 aromatic carbocycles. The topological polar surface area (TPSA) is 41.1 Å². The minimum absolute atomic E-state index is 0.128. The van der Waals surface area contributed by atoms with Crippen LogP contribution in [-0.4, -0.2) is 19.0 Å². The van der Waals surface area contributed by atoms with E-state index in [2.05, 4.69) is 26.6 Å². The Labute approximate surface area is 109 Å². The fourth-order valence-electron chi connectivity index (χ4n) is 1.30. The Bertz CT molecular complexity index is 398. The van der Waals surface area contributed by atoms with Crippen molar-refractivity contribution in [2.45, 2.75) is 13.8 Å². The van der Waals surface area contributed by atoms with Crippen LogP contribution >= 0.6 is 15.9 Å². The summed E-state index contributed by atoms with van der Waals surface area (Å²) in [7, 11) is 0. The van der Waals surface area contributed by atoms with Crippen molar-refractivity contribution in [1.29, 1.82) is 0 Å². The summed E-state index contributed by atoms with van der Waals surface area (Å²) >= 11 is 3.26. The highest BCUT2D eigenvalue weighted by Crippen LogP contribution is 2.23. The number of nitrogens with one attached hydrogen (secondary N) is 2. The van der Waals surface area contributed by atoms with E-state index in [1.807, 2.05) is 13.8 Å². The van der Waals surface area contributed by atoms with Gasteiger partial charge in [0, 0.05) is 16.9 Å². The summed E-state index contributed by atoms with van der Waals surface area (Å²) in [5.74, 6) is -0.662. The third kappa shape index (κ3) is 4.44. The van der Waals surface area contributed by atoms with Crippen molar-refractivity contribution in [1.82, 2.24) is 5.32 Å². The van der Waals surface area contributed by atoms with Crippen LogP contribution in [0, 0.1) is 11.7 Å². The van der Waals surface area contributed by atoms with E-state index < -0.39 is 0 Å². The third-order valence-electron chi connectivity index (χ3n) is 2.33. The lowest BCUT2D eigenvalue weighted by Crippen LogP contribution is -2.30. The van der Waals surface area contributed by atoms with E-state index in [4.69, 9.17) is 0 Å². The van der Waals surface area contributed by atoms with E-state index in [1.54, 1.807) is 6.07 Å². The highest BCUT2D eigenvalue weighted by Gasteiger charge is 2.13. The van der Waals surface area contributed by atoms with Crippen molar-refractivity contribution in [3.63, 3.8) is 0 Å².